The Bertz CT molecular complexity index is 143. The van der Waals surface area contributed by atoms with E-state index in [1.165, 1.54) is 0 Å². The van der Waals surface area contributed by atoms with Gasteiger partial charge in [-0.25, -0.2) is 8.42 Å². The maximum absolute atomic E-state index is 10.0. The molecule has 0 aromatic carbocycles. The predicted octanol–water partition coefficient (Wildman–Crippen LogP) is -0.488. The van der Waals surface area contributed by atoms with Crippen molar-refractivity contribution in [2.24, 2.45) is 0 Å². The summed E-state index contributed by atoms with van der Waals surface area (Å²) in [5.74, 6) is 0.133. The Morgan fingerprint density at radius 2 is 2.22 bits per heavy atom. The summed E-state index contributed by atoms with van der Waals surface area (Å²) in [7, 11) is -2.23. The first-order valence-corrected chi connectivity index (χ1v) is 4.32. The first kappa shape index (κ1) is 7.02. The number of hydrogen-bond acceptors (Lipinski definition) is 3. The lowest BCUT2D eigenvalue weighted by molar-refractivity contribution is 0.443. The van der Waals surface area contributed by atoms with Crippen LogP contribution in [-0.4, -0.2) is 20.3 Å². The van der Waals surface area contributed by atoms with Crippen LogP contribution < -0.4 is 5.32 Å². The molecule has 1 aliphatic rings. The van der Waals surface area contributed by atoms with Crippen molar-refractivity contribution in [2.45, 2.75) is 18.9 Å². The molecule has 0 aromatic rings. The Labute approximate surface area is 56.4 Å². The van der Waals surface area contributed by atoms with Crippen molar-refractivity contribution in [2.75, 3.05) is 5.88 Å². The molecule has 1 N–H and O–H groups in total. The molecule has 3 nitrogen and oxygen atoms in total. The molecule has 0 aromatic heterocycles. The minimum absolute atomic E-state index is 0.133. The molecule has 0 aliphatic heterocycles. The van der Waals surface area contributed by atoms with Crippen LogP contribution in [0.1, 0.15) is 12.8 Å². The smallest absolute Gasteiger partial charge is 0.153 e. The minimum atomic E-state index is -2.23. The number of hydrogen-bond donors (Lipinski definition) is 2. The lowest BCUT2D eigenvalue weighted by Crippen LogP contribution is -2.36. The summed E-state index contributed by atoms with van der Waals surface area (Å²) in [5.41, 5.74) is 0. The largest absolute Gasteiger partial charge is 0.301 e. The van der Waals surface area contributed by atoms with Gasteiger partial charge in [-0.05, 0) is 19.3 Å². The second-order valence-electron chi connectivity index (χ2n) is 2.15. The summed E-state index contributed by atoms with van der Waals surface area (Å²) >= 11 is 0. The van der Waals surface area contributed by atoms with Crippen LogP contribution in [0.15, 0.2) is 0 Å². The molecule has 1 aliphatic carbocycles. The highest BCUT2D eigenvalue weighted by Crippen LogP contribution is 2.15. The van der Waals surface area contributed by atoms with Gasteiger partial charge in [0.25, 0.3) is 0 Å². The molecule has 53 valence electrons. The van der Waals surface area contributed by atoms with Gasteiger partial charge < -0.3 is 5.32 Å². The summed E-state index contributed by atoms with van der Waals surface area (Å²) in [6, 6.07) is 0.429. The Hall–Kier alpha value is -0.0900. The zero-order valence-electron chi connectivity index (χ0n) is 5.04. The van der Waals surface area contributed by atoms with E-state index in [1.54, 1.807) is 0 Å². The summed E-state index contributed by atoms with van der Waals surface area (Å²) in [5, 5.41) is 2.89. The van der Waals surface area contributed by atoms with Crippen molar-refractivity contribution in [3.8, 4) is 0 Å². The minimum Gasteiger partial charge on any atom is -0.301 e. The molecule has 0 saturated heterocycles. The highest BCUT2D eigenvalue weighted by Gasteiger charge is 2.16. The van der Waals surface area contributed by atoms with Crippen LogP contribution in [-0.2, 0) is 10.7 Å². The number of nitrogens with one attached hydrogen (secondary N) is 1. The standard InChI is InChI=1S/C5H10NO2S/c7-9(8)4-6-5-2-1-3-5/h1,5-6,9H,2-4H2. The van der Waals surface area contributed by atoms with Gasteiger partial charge in [0.1, 0.15) is 0 Å². The highest BCUT2D eigenvalue weighted by molar-refractivity contribution is 7.72. The molecule has 0 amide bonds. The van der Waals surface area contributed by atoms with E-state index in [0.29, 0.717) is 6.04 Å². The lowest BCUT2D eigenvalue weighted by Gasteiger charge is -2.24. The van der Waals surface area contributed by atoms with Gasteiger partial charge in [0.05, 0.1) is 5.88 Å². The van der Waals surface area contributed by atoms with Crippen molar-refractivity contribution in [1.29, 1.82) is 0 Å². The fourth-order valence-corrected chi connectivity index (χ4v) is 1.11. The maximum atomic E-state index is 10.0. The van der Waals surface area contributed by atoms with Gasteiger partial charge in [0.15, 0.2) is 10.7 Å². The first-order chi connectivity index (χ1) is 4.29. The molecule has 0 atom stereocenters. The number of rotatable bonds is 3. The summed E-state index contributed by atoms with van der Waals surface area (Å²) in [6.45, 7) is 0. The Morgan fingerprint density at radius 3 is 2.56 bits per heavy atom. The average Bonchev–Trinajstić information content (AvgIpc) is 1.60. The van der Waals surface area contributed by atoms with Crippen molar-refractivity contribution in [3.63, 3.8) is 0 Å². The Balaban J connectivity index is 2.04. The first-order valence-electron chi connectivity index (χ1n) is 2.96. The summed E-state index contributed by atoms with van der Waals surface area (Å²) < 4.78 is 20.0. The van der Waals surface area contributed by atoms with Crippen LogP contribution in [0, 0.1) is 6.42 Å². The van der Waals surface area contributed by atoms with Crippen LogP contribution in [0.2, 0.25) is 0 Å². The Morgan fingerprint density at radius 1 is 1.56 bits per heavy atom. The van der Waals surface area contributed by atoms with Gasteiger partial charge in [0, 0.05) is 6.04 Å². The zero-order chi connectivity index (χ0) is 6.69. The molecule has 0 unspecified atom stereocenters. The van der Waals surface area contributed by atoms with Crippen LogP contribution in [0.4, 0.5) is 0 Å². The zero-order valence-corrected chi connectivity index (χ0v) is 5.93. The van der Waals surface area contributed by atoms with Crippen LogP contribution in [0.5, 0.6) is 0 Å². The predicted molar refractivity (Wildman–Crippen MR) is 35.6 cm³/mol. The topological polar surface area (TPSA) is 46.2 Å². The molecule has 0 spiro atoms. The van der Waals surface area contributed by atoms with Crippen molar-refractivity contribution < 1.29 is 8.42 Å². The van der Waals surface area contributed by atoms with E-state index in [1.807, 2.05) is 0 Å². The Kier molecular flexibility index (Phi) is 2.48. The van der Waals surface area contributed by atoms with Crippen LogP contribution in [0.25, 0.3) is 0 Å². The highest BCUT2D eigenvalue weighted by atomic mass is 32.2. The quantitative estimate of drug-likeness (QED) is 0.531. The fourth-order valence-electron chi connectivity index (χ4n) is 0.704. The molecule has 4 heteroatoms. The van der Waals surface area contributed by atoms with Gasteiger partial charge in [-0.15, -0.1) is 0 Å². The normalized spacial score (nSPS) is 20.1. The molecule has 1 fully saturated rings. The van der Waals surface area contributed by atoms with Gasteiger partial charge in [0.2, 0.25) is 0 Å². The summed E-state index contributed by atoms with van der Waals surface area (Å²) in [6.07, 6.45) is 4.17. The molecular weight excluding hydrogens is 138 g/mol. The monoisotopic (exact) mass is 148 g/mol. The molecule has 0 heterocycles. The van der Waals surface area contributed by atoms with Crippen LogP contribution >= 0.6 is 0 Å². The third kappa shape index (κ3) is 2.32. The molecule has 9 heavy (non-hydrogen) atoms. The third-order valence-corrected chi connectivity index (χ3v) is 1.85. The van der Waals surface area contributed by atoms with E-state index in [9.17, 15) is 8.42 Å². The van der Waals surface area contributed by atoms with Gasteiger partial charge in [-0.2, -0.15) is 0 Å². The van der Waals surface area contributed by atoms with E-state index >= 15 is 0 Å². The fraction of sp³-hybridized carbons (Fsp3) is 0.800. The molecule has 0 bridgehead atoms. The lowest BCUT2D eigenvalue weighted by atomic mass is 9.94. The van der Waals surface area contributed by atoms with Crippen LogP contribution in [0.3, 0.4) is 0 Å². The van der Waals surface area contributed by atoms with Gasteiger partial charge >= 0.3 is 0 Å². The average molecular weight is 148 g/mol. The van der Waals surface area contributed by atoms with Gasteiger partial charge in [-0.3, -0.25) is 0 Å². The SMILES string of the molecule is O=[SH](=O)CNC1C[CH]C1. The maximum Gasteiger partial charge on any atom is 0.153 e. The van der Waals surface area contributed by atoms with Crippen molar-refractivity contribution in [3.05, 3.63) is 6.42 Å². The van der Waals surface area contributed by atoms with E-state index < -0.39 is 10.7 Å². The van der Waals surface area contributed by atoms with Gasteiger partial charge in [-0.1, -0.05) is 0 Å². The van der Waals surface area contributed by atoms with E-state index in [-0.39, 0.29) is 5.88 Å². The second kappa shape index (κ2) is 3.17. The summed E-state index contributed by atoms with van der Waals surface area (Å²) in [4.78, 5) is 0. The van der Waals surface area contributed by atoms with E-state index in [4.69, 9.17) is 0 Å². The molecular formula is C5H10NO2S. The van der Waals surface area contributed by atoms with E-state index in [2.05, 4.69) is 11.7 Å². The van der Waals surface area contributed by atoms with E-state index in [0.717, 1.165) is 12.8 Å². The second-order valence-corrected chi connectivity index (χ2v) is 3.13. The van der Waals surface area contributed by atoms with Crippen molar-refractivity contribution >= 4 is 10.7 Å². The third-order valence-electron chi connectivity index (χ3n) is 1.41. The van der Waals surface area contributed by atoms with Crippen molar-refractivity contribution in [1.82, 2.24) is 5.32 Å². The molecule has 1 radical (unpaired) electrons. The number of thiol groups is 1. The molecule has 1 rings (SSSR count). The molecule has 1 saturated carbocycles.